The molecule has 0 atom stereocenters. The molecule has 0 fully saturated rings. The number of fused-ring (bicyclic) bond motifs is 1. The molecule has 1 N–H and O–H groups in total. The van der Waals surface area contributed by atoms with E-state index in [0.717, 1.165) is 5.56 Å². The van der Waals surface area contributed by atoms with E-state index in [0.29, 0.717) is 22.3 Å². The quantitative estimate of drug-likeness (QED) is 0.444. The second-order valence-corrected chi connectivity index (χ2v) is 7.19. The number of nitrogens with one attached hydrogen (secondary N) is 1. The Hall–Kier alpha value is -4.66. The Morgan fingerprint density at radius 1 is 1.03 bits per heavy atom. The van der Waals surface area contributed by atoms with E-state index in [4.69, 9.17) is 4.52 Å². The summed E-state index contributed by atoms with van der Waals surface area (Å²) in [6.45, 7) is -0.292. The predicted molar refractivity (Wildman–Crippen MR) is 120 cm³/mol. The molecule has 3 heterocycles. The molecule has 5 aromatic rings. The molecular formula is C24H16FN5O3. The highest BCUT2D eigenvalue weighted by atomic mass is 19.1. The average molecular weight is 441 g/mol. The van der Waals surface area contributed by atoms with E-state index in [9.17, 15) is 14.0 Å². The van der Waals surface area contributed by atoms with Gasteiger partial charge in [0, 0.05) is 29.4 Å². The van der Waals surface area contributed by atoms with Crippen LogP contribution in [0.1, 0.15) is 0 Å². The van der Waals surface area contributed by atoms with Crippen LogP contribution in [0.4, 0.5) is 10.1 Å². The highest BCUT2D eigenvalue weighted by molar-refractivity contribution is 5.95. The number of anilines is 1. The summed E-state index contributed by atoms with van der Waals surface area (Å²) in [7, 11) is 0. The highest BCUT2D eigenvalue weighted by Crippen LogP contribution is 2.28. The van der Waals surface area contributed by atoms with Gasteiger partial charge in [-0.05, 0) is 30.3 Å². The lowest BCUT2D eigenvalue weighted by atomic mass is 10.1. The van der Waals surface area contributed by atoms with Crippen LogP contribution < -0.4 is 10.9 Å². The molecule has 8 nitrogen and oxygen atoms in total. The summed E-state index contributed by atoms with van der Waals surface area (Å²) in [5.41, 5.74) is 1.30. The number of nitrogens with zero attached hydrogens (tertiary/aromatic N) is 4. The van der Waals surface area contributed by atoms with Gasteiger partial charge in [-0.2, -0.15) is 4.98 Å². The zero-order valence-electron chi connectivity index (χ0n) is 17.1. The van der Waals surface area contributed by atoms with Gasteiger partial charge in [-0.25, -0.2) is 4.39 Å². The van der Waals surface area contributed by atoms with E-state index >= 15 is 0 Å². The molecule has 0 spiro atoms. The third-order valence-corrected chi connectivity index (χ3v) is 5.06. The van der Waals surface area contributed by atoms with Crippen molar-refractivity contribution in [2.75, 3.05) is 5.32 Å². The van der Waals surface area contributed by atoms with E-state index in [2.05, 4.69) is 20.4 Å². The van der Waals surface area contributed by atoms with Crippen LogP contribution in [0.2, 0.25) is 0 Å². The molecule has 162 valence electrons. The van der Waals surface area contributed by atoms with Crippen LogP contribution in [0, 0.1) is 5.82 Å². The van der Waals surface area contributed by atoms with E-state index in [-0.39, 0.29) is 18.1 Å². The van der Waals surface area contributed by atoms with E-state index in [1.165, 1.54) is 28.8 Å². The lowest BCUT2D eigenvalue weighted by Gasteiger charge is -2.12. The Kier molecular flexibility index (Phi) is 5.19. The number of halogens is 1. The molecule has 3 aromatic heterocycles. The zero-order valence-corrected chi connectivity index (χ0v) is 17.1. The molecule has 0 bridgehead atoms. The van der Waals surface area contributed by atoms with Crippen molar-refractivity contribution in [3.8, 4) is 22.8 Å². The highest BCUT2D eigenvalue weighted by Gasteiger charge is 2.18. The van der Waals surface area contributed by atoms with Gasteiger partial charge in [0.05, 0.1) is 16.8 Å². The van der Waals surface area contributed by atoms with Crippen molar-refractivity contribution >= 4 is 22.5 Å². The van der Waals surface area contributed by atoms with Crippen molar-refractivity contribution in [3.05, 3.63) is 95.3 Å². The molecule has 0 saturated heterocycles. The van der Waals surface area contributed by atoms with Gasteiger partial charge >= 0.3 is 0 Å². The summed E-state index contributed by atoms with van der Waals surface area (Å²) in [6, 6.07) is 17.8. The van der Waals surface area contributed by atoms with E-state index < -0.39 is 17.3 Å². The van der Waals surface area contributed by atoms with Crippen molar-refractivity contribution in [1.29, 1.82) is 0 Å². The van der Waals surface area contributed by atoms with Crippen LogP contribution >= 0.6 is 0 Å². The molecule has 1 amide bonds. The van der Waals surface area contributed by atoms with Gasteiger partial charge in [0.2, 0.25) is 11.7 Å². The molecule has 0 unspecified atom stereocenters. The lowest BCUT2D eigenvalue weighted by molar-refractivity contribution is -0.116. The zero-order chi connectivity index (χ0) is 22.8. The molecule has 5 rings (SSSR count). The average Bonchev–Trinajstić information content (AvgIpc) is 3.33. The number of amides is 1. The number of carbonyl (C=O) groups is 1. The van der Waals surface area contributed by atoms with Crippen LogP contribution in [0.3, 0.4) is 0 Å². The molecule has 0 radical (unpaired) electrons. The number of pyridine rings is 2. The molecule has 0 aliphatic rings. The number of hydrogen-bond donors (Lipinski definition) is 1. The largest absolute Gasteiger partial charge is 0.334 e. The Balaban J connectivity index is 1.52. The van der Waals surface area contributed by atoms with Gasteiger partial charge < -0.3 is 9.84 Å². The molecule has 0 aliphatic carbocycles. The molecule has 9 heteroatoms. The van der Waals surface area contributed by atoms with Crippen LogP contribution in [-0.2, 0) is 11.3 Å². The standard InChI is InChI=1S/C24H16FN5O3/c25-18-6-2-3-7-19(18)27-21(31)14-30-20-8-4-1-5-16(20)17(13-22(30)32)24-28-23(29-33-24)15-9-11-26-12-10-15/h1-13H,14H2,(H,27,31). The number of rotatable bonds is 5. The Labute approximate surface area is 186 Å². The summed E-state index contributed by atoms with van der Waals surface area (Å²) in [5.74, 6) is -0.541. The first kappa shape index (κ1) is 20.3. The second kappa shape index (κ2) is 8.46. The van der Waals surface area contributed by atoms with Crippen LogP contribution in [0.15, 0.2) is 88.4 Å². The van der Waals surface area contributed by atoms with Crippen LogP contribution in [-0.4, -0.2) is 25.6 Å². The number of para-hydroxylation sites is 2. The van der Waals surface area contributed by atoms with Gasteiger partial charge in [0.1, 0.15) is 12.4 Å². The van der Waals surface area contributed by atoms with Gasteiger partial charge in [0.25, 0.3) is 11.4 Å². The van der Waals surface area contributed by atoms with Crippen molar-refractivity contribution < 1.29 is 13.7 Å². The minimum Gasteiger partial charge on any atom is -0.334 e. The van der Waals surface area contributed by atoms with Gasteiger partial charge in [-0.1, -0.05) is 35.5 Å². The van der Waals surface area contributed by atoms with Crippen molar-refractivity contribution in [2.45, 2.75) is 6.54 Å². The van der Waals surface area contributed by atoms with Gasteiger partial charge in [-0.3, -0.25) is 19.1 Å². The lowest BCUT2D eigenvalue weighted by Crippen LogP contribution is -2.28. The third-order valence-electron chi connectivity index (χ3n) is 5.06. The Bertz CT molecular complexity index is 1530. The molecule has 0 saturated carbocycles. The maximum absolute atomic E-state index is 13.9. The van der Waals surface area contributed by atoms with Gasteiger partial charge in [-0.15, -0.1) is 0 Å². The van der Waals surface area contributed by atoms with Crippen molar-refractivity contribution in [2.24, 2.45) is 0 Å². The maximum atomic E-state index is 13.9. The minimum absolute atomic E-state index is 0.0472. The van der Waals surface area contributed by atoms with Crippen LogP contribution in [0.5, 0.6) is 0 Å². The Morgan fingerprint density at radius 3 is 2.61 bits per heavy atom. The second-order valence-electron chi connectivity index (χ2n) is 7.19. The summed E-state index contributed by atoms with van der Waals surface area (Å²) >= 11 is 0. The molecular weight excluding hydrogens is 425 g/mol. The fraction of sp³-hybridized carbons (Fsp3) is 0.0417. The summed E-state index contributed by atoms with van der Waals surface area (Å²) in [4.78, 5) is 33.9. The van der Waals surface area contributed by atoms with Crippen LogP contribution in [0.25, 0.3) is 33.7 Å². The number of benzene rings is 2. The number of carbonyl (C=O) groups excluding carboxylic acids is 1. The number of aromatic nitrogens is 4. The molecule has 2 aromatic carbocycles. The predicted octanol–water partition coefficient (Wildman–Crippen LogP) is 3.89. The van der Waals surface area contributed by atoms with E-state index in [1.54, 1.807) is 54.9 Å². The summed E-state index contributed by atoms with van der Waals surface area (Å²) < 4.78 is 20.6. The van der Waals surface area contributed by atoms with Crippen molar-refractivity contribution in [1.82, 2.24) is 19.7 Å². The first-order valence-electron chi connectivity index (χ1n) is 10.0. The minimum atomic E-state index is -0.556. The first-order chi connectivity index (χ1) is 16.1. The number of hydrogen-bond acceptors (Lipinski definition) is 6. The third kappa shape index (κ3) is 3.99. The summed E-state index contributed by atoms with van der Waals surface area (Å²) in [5, 5.41) is 7.16. The smallest absolute Gasteiger partial charge is 0.259 e. The SMILES string of the molecule is O=C(Cn1c(=O)cc(-c2nc(-c3ccncc3)no2)c2ccccc21)Nc1ccccc1F. The fourth-order valence-corrected chi connectivity index (χ4v) is 3.52. The normalized spacial score (nSPS) is 10.9. The van der Waals surface area contributed by atoms with Crippen molar-refractivity contribution in [3.63, 3.8) is 0 Å². The topological polar surface area (TPSA) is 103 Å². The van der Waals surface area contributed by atoms with E-state index in [1.807, 2.05) is 0 Å². The monoisotopic (exact) mass is 441 g/mol. The molecule has 0 aliphatic heterocycles. The summed E-state index contributed by atoms with van der Waals surface area (Å²) in [6.07, 6.45) is 3.24. The Morgan fingerprint density at radius 2 is 1.79 bits per heavy atom. The fourth-order valence-electron chi connectivity index (χ4n) is 3.52. The first-order valence-corrected chi connectivity index (χ1v) is 10.0. The maximum Gasteiger partial charge on any atom is 0.259 e. The van der Waals surface area contributed by atoms with Gasteiger partial charge in [0.15, 0.2) is 0 Å². The molecule has 33 heavy (non-hydrogen) atoms.